The van der Waals surface area contributed by atoms with Crippen LogP contribution in [0.4, 0.5) is 19.3 Å². The van der Waals surface area contributed by atoms with E-state index in [0.29, 0.717) is 40.5 Å². The molecule has 0 spiro atoms. The molecule has 0 atom stereocenters. The lowest BCUT2D eigenvalue weighted by molar-refractivity contribution is 0.114. The number of aryl methyl sites for hydroxylation is 1. The summed E-state index contributed by atoms with van der Waals surface area (Å²) in [5.41, 5.74) is 2.86. The molecule has 0 bridgehead atoms. The van der Waals surface area contributed by atoms with Gasteiger partial charge in [0.05, 0.1) is 25.6 Å². The molecule has 0 aliphatic heterocycles. The van der Waals surface area contributed by atoms with E-state index >= 15 is 0 Å². The lowest BCUT2D eigenvalue weighted by atomic mass is 10.1. The molecule has 46 heavy (non-hydrogen) atoms. The molecule has 0 fully saturated rings. The van der Waals surface area contributed by atoms with Crippen molar-refractivity contribution in [2.75, 3.05) is 39.7 Å². The van der Waals surface area contributed by atoms with Crippen LogP contribution in [-0.4, -0.2) is 59.5 Å². The number of likely N-dealkylation sites (N-methyl/N-ethyl adjacent to an activating group) is 1. The zero-order valence-corrected chi connectivity index (χ0v) is 26.4. The number of urea groups is 1. The van der Waals surface area contributed by atoms with Crippen LogP contribution in [0.3, 0.4) is 0 Å². The standard InChI is InChI=1S/C32H32F2N6O5S/c1-19-7-5-10-26(35-19)40-29(41)27-23(17-38(2)15-16-44-3)28(20-11-13-21(14-12-20)36-31(42)37-45-4)46-30(27)39(32(40)43)18-22-24(33)8-6-9-25(22)34/h5-14H,15-18H2,1-4H3,(H2,36,37,42). The minimum Gasteiger partial charge on any atom is -0.383 e. The topological polar surface area (TPSA) is 120 Å². The second-order valence-electron chi connectivity index (χ2n) is 10.5. The highest BCUT2D eigenvalue weighted by atomic mass is 32.1. The molecule has 5 rings (SSSR count). The minimum absolute atomic E-state index is 0.0934. The Balaban J connectivity index is 1.79. The van der Waals surface area contributed by atoms with E-state index < -0.39 is 35.5 Å². The van der Waals surface area contributed by atoms with Crippen LogP contribution in [0.5, 0.6) is 0 Å². The van der Waals surface area contributed by atoms with Crippen molar-refractivity contribution in [1.29, 1.82) is 0 Å². The molecule has 240 valence electrons. The number of nitrogens with one attached hydrogen (secondary N) is 2. The first-order chi connectivity index (χ1) is 22.1. The molecular weight excluding hydrogens is 618 g/mol. The molecule has 0 saturated carbocycles. The lowest BCUT2D eigenvalue weighted by Gasteiger charge is -2.17. The highest BCUT2D eigenvalue weighted by Gasteiger charge is 2.26. The largest absolute Gasteiger partial charge is 0.383 e. The third-order valence-electron chi connectivity index (χ3n) is 7.26. The van der Waals surface area contributed by atoms with Gasteiger partial charge in [-0.2, -0.15) is 0 Å². The number of amides is 2. The van der Waals surface area contributed by atoms with E-state index in [4.69, 9.17) is 4.74 Å². The Morgan fingerprint density at radius 3 is 2.35 bits per heavy atom. The summed E-state index contributed by atoms with van der Waals surface area (Å²) in [6.45, 7) is 2.54. The predicted molar refractivity (Wildman–Crippen MR) is 172 cm³/mol. The second-order valence-corrected chi connectivity index (χ2v) is 11.5. The van der Waals surface area contributed by atoms with Crippen molar-refractivity contribution in [1.82, 2.24) is 24.5 Å². The number of benzene rings is 2. The zero-order valence-electron chi connectivity index (χ0n) is 25.6. The summed E-state index contributed by atoms with van der Waals surface area (Å²) in [6, 6.07) is 14.8. The Morgan fingerprint density at radius 2 is 1.70 bits per heavy atom. The number of pyridine rings is 1. The van der Waals surface area contributed by atoms with E-state index in [2.05, 4.69) is 20.6 Å². The van der Waals surface area contributed by atoms with Crippen molar-refractivity contribution in [3.63, 3.8) is 0 Å². The van der Waals surface area contributed by atoms with Gasteiger partial charge in [-0.15, -0.1) is 11.3 Å². The summed E-state index contributed by atoms with van der Waals surface area (Å²) in [5, 5.41) is 2.87. The number of halogens is 2. The molecule has 2 N–H and O–H groups in total. The van der Waals surface area contributed by atoms with Gasteiger partial charge in [-0.25, -0.2) is 33.4 Å². The fourth-order valence-corrected chi connectivity index (χ4v) is 6.34. The Kier molecular flexibility index (Phi) is 10.0. The van der Waals surface area contributed by atoms with Gasteiger partial charge in [0.15, 0.2) is 0 Å². The van der Waals surface area contributed by atoms with Crippen LogP contribution in [0, 0.1) is 18.6 Å². The normalized spacial score (nSPS) is 11.4. The Morgan fingerprint density at radius 1 is 1.00 bits per heavy atom. The van der Waals surface area contributed by atoms with Gasteiger partial charge in [-0.3, -0.25) is 19.1 Å². The highest BCUT2D eigenvalue weighted by Crippen LogP contribution is 2.38. The quantitative estimate of drug-likeness (QED) is 0.200. The smallest absolute Gasteiger partial charge is 0.343 e. The summed E-state index contributed by atoms with van der Waals surface area (Å²) < 4.78 is 37.3. The summed E-state index contributed by atoms with van der Waals surface area (Å²) in [4.78, 5) is 52.4. The van der Waals surface area contributed by atoms with Gasteiger partial charge in [0.1, 0.15) is 22.3 Å². The number of nitrogens with zero attached hydrogens (tertiary/aromatic N) is 4. The number of anilines is 1. The van der Waals surface area contributed by atoms with Crippen molar-refractivity contribution >= 4 is 33.3 Å². The SMILES string of the molecule is COCCN(C)Cc1c(-c2ccc(NC(=O)NOC)cc2)sc2c1c(=O)n(-c1cccc(C)n1)c(=O)n2Cc1c(F)cccc1F. The number of methoxy groups -OCH3 is 1. The van der Waals surface area contributed by atoms with Gasteiger partial charge in [-0.05, 0) is 61.5 Å². The van der Waals surface area contributed by atoms with Crippen LogP contribution >= 0.6 is 11.3 Å². The maximum Gasteiger partial charge on any atom is 0.343 e. The summed E-state index contributed by atoms with van der Waals surface area (Å²) >= 11 is 1.17. The lowest BCUT2D eigenvalue weighted by Crippen LogP contribution is -2.39. The van der Waals surface area contributed by atoms with Gasteiger partial charge >= 0.3 is 11.7 Å². The van der Waals surface area contributed by atoms with Crippen LogP contribution < -0.4 is 22.0 Å². The number of fused-ring (bicyclic) bond motifs is 1. The first kappa shape index (κ1) is 32.6. The number of hydrogen-bond donors (Lipinski definition) is 2. The van der Waals surface area contributed by atoms with E-state index in [1.165, 1.54) is 29.1 Å². The van der Waals surface area contributed by atoms with Gasteiger partial charge in [0, 0.05) is 42.0 Å². The molecule has 2 aromatic carbocycles. The predicted octanol–water partition coefficient (Wildman–Crippen LogP) is 4.67. The van der Waals surface area contributed by atoms with E-state index in [9.17, 15) is 23.2 Å². The molecular formula is C32H32F2N6O5S. The Hall–Kier alpha value is -4.76. The van der Waals surface area contributed by atoms with E-state index in [-0.39, 0.29) is 28.1 Å². The number of rotatable bonds is 11. The molecule has 3 aromatic heterocycles. The number of carbonyl (C=O) groups is 1. The number of thiophene rings is 1. The number of ether oxygens (including phenoxy) is 1. The molecule has 5 aromatic rings. The van der Waals surface area contributed by atoms with Crippen molar-refractivity contribution in [2.24, 2.45) is 0 Å². The molecule has 0 aliphatic carbocycles. The minimum atomic E-state index is -0.816. The van der Waals surface area contributed by atoms with Crippen LogP contribution in [0.1, 0.15) is 16.8 Å². The van der Waals surface area contributed by atoms with E-state index in [1.807, 2.05) is 11.9 Å². The van der Waals surface area contributed by atoms with E-state index in [1.54, 1.807) is 56.5 Å². The van der Waals surface area contributed by atoms with E-state index in [0.717, 1.165) is 16.7 Å². The first-order valence-electron chi connectivity index (χ1n) is 14.2. The molecule has 0 unspecified atom stereocenters. The van der Waals surface area contributed by atoms with Crippen molar-refractivity contribution in [3.8, 4) is 16.3 Å². The number of hydrogen-bond acceptors (Lipinski definition) is 8. The average Bonchev–Trinajstić information content (AvgIpc) is 3.39. The molecule has 11 nitrogen and oxygen atoms in total. The average molecular weight is 651 g/mol. The Bertz CT molecular complexity index is 1990. The van der Waals surface area contributed by atoms with Gasteiger partial charge in [-0.1, -0.05) is 24.3 Å². The Labute approximate surface area is 266 Å². The molecule has 0 aliphatic rings. The number of carbonyl (C=O) groups excluding carboxylic acids is 1. The van der Waals surface area contributed by atoms with Crippen molar-refractivity contribution in [2.45, 2.75) is 20.0 Å². The van der Waals surface area contributed by atoms with Gasteiger partial charge < -0.3 is 10.1 Å². The summed E-state index contributed by atoms with van der Waals surface area (Å²) in [7, 11) is 4.79. The fourth-order valence-electron chi connectivity index (χ4n) is 5.04. The highest BCUT2D eigenvalue weighted by molar-refractivity contribution is 7.22. The van der Waals surface area contributed by atoms with Crippen LogP contribution in [0.15, 0.2) is 70.3 Å². The number of aromatic nitrogens is 3. The van der Waals surface area contributed by atoms with Gasteiger partial charge in [0.25, 0.3) is 5.56 Å². The van der Waals surface area contributed by atoms with Crippen LogP contribution in [-0.2, 0) is 22.7 Å². The third kappa shape index (κ3) is 6.74. The van der Waals surface area contributed by atoms with Gasteiger partial charge in [0.2, 0.25) is 0 Å². The molecule has 0 saturated heterocycles. The zero-order chi connectivity index (χ0) is 33.0. The van der Waals surface area contributed by atoms with Crippen molar-refractivity contribution in [3.05, 3.63) is 110 Å². The molecule has 2 amide bonds. The molecule has 14 heteroatoms. The summed E-state index contributed by atoms with van der Waals surface area (Å²) in [5.74, 6) is -1.54. The van der Waals surface area contributed by atoms with Crippen LogP contribution in [0.2, 0.25) is 0 Å². The molecule has 3 heterocycles. The number of hydroxylamine groups is 1. The maximum atomic E-state index is 14.9. The first-order valence-corrected chi connectivity index (χ1v) is 15.0. The van der Waals surface area contributed by atoms with Crippen molar-refractivity contribution < 1.29 is 23.1 Å². The maximum absolute atomic E-state index is 14.9. The summed E-state index contributed by atoms with van der Waals surface area (Å²) in [6.07, 6.45) is 0. The molecule has 0 radical (unpaired) electrons. The third-order valence-corrected chi connectivity index (χ3v) is 8.56. The monoisotopic (exact) mass is 650 g/mol. The fraction of sp³-hybridized carbons (Fsp3) is 0.250. The van der Waals surface area contributed by atoms with Crippen LogP contribution in [0.25, 0.3) is 26.5 Å². The second kappa shape index (κ2) is 14.1.